The molecule has 0 bridgehead atoms. The topological polar surface area (TPSA) is 55.5 Å². The molecule has 0 aliphatic carbocycles. The first-order valence-corrected chi connectivity index (χ1v) is 4.87. The summed E-state index contributed by atoms with van der Waals surface area (Å²) in [6.07, 6.45) is 0.927. The highest BCUT2D eigenvalue weighted by atomic mass is 16.5. The largest absolute Gasteiger partial charge is 0.491 e. The Labute approximate surface area is 84.5 Å². The Morgan fingerprint density at radius 2 is 2.00 bits per heavy atom. The van der Waals surface area contributed by atoms with Gasteiger partial charge in [0.15, 0.2) is 0 Å². The first-order chi connectivity index (χ1) is 6.77. The summed E-state index contributed by atoms with van der Waals surface area (Å²) in [5, 5.41) is 8.56. The van der Waals surface area contributed by atoms with Crippen LogP contribution in [0.1, 0.15) is 24.9 Å². The van der Waals surface area contributed by atoms with Crippen LogP contribution in [0.4, 0.5) is 0 Å². The van der Waals surface area contributed by atoms with Crippen LogP contribution in [-0.2, 0) is 0 Å². The van der Waals surface area contributed by atoms with Crippen LogP contribution in [0.2, 0.25) is 0 Å². The minimum absolute atomic E-state index is 0.0379. The van der Waals surface area contributed by atoms with Crippen molar-refractivity contribution in [2.24, 2.45) is 5.73 Å². The number of rotatable bonds is 5. The second-order valence-electron chi connectivity index (χ2n) is 3.16. The molecule has 0 aliphatic heterocycles. The normalized spacial score (nSPS) is 12.5. The van der Waals surface area contributed by atoms with Crippen molar-refractivity contribution in [3.8, 4) is 5.75 Å². The molecule has 0 aliphatic rings. The fraction of sp³-hybridized carbons (Fsp3) is 0.455. The second-order valence-corrected chi connectivity index (χ2v) is 3.16. The van der Waals surface area contributed by atoms with Crippen molar-refractivity contribution in [1.82, 2.24) is 0 Å². The lowest BCUT2D eigenvalue weighted by Gasteiger charge is -2.10. The quantitative estimate of drug-likeness (QED) is 0.748. The average molecular weight is 195 g/mol. The van der Waals surface area contributed by atoms with Crippen LogP contribution in [0.5, 0.6) is 5.75 Å². The average Bonchev–Trinajstić information content (AvgIpc) is 2.26. The molecule has 0 fully saturated rings. The fourth-order valence-corrected chi connectivity index (χ4v) is 1.21. The lowest BCUT2D eigenvalue weighted by molar-refractivity contribution is 0.201. The number of hydrogen-bond donors (Lipinski definition) is 2. The summed E-state index contributed by atoms with van der Waals surface area (Å²) in [5.74, 6) is 0.770. The summed E-state index contributed by atoms with van der Waals surface area (Å²) in [6.45, 7) is 2.43. The number of ether oxygens (including phenoxy) is 1. The minimum atomic E-state index is 0.0379. The lowest BCUT2D eigenvalue weighted by Crippen LogP contribution is -2.08. The summed E-state index contributed by atoms with van der Waals surface area (Å²) in [5.41, 5.74) is 6.98. The van der Waals surface area contributed by atoms with Crippen molar-refractivity contribution in [3.05, 3.63) is 29.8 Å². The maximum atomic E-state index is 8.56. The maximum Gasteiger partial charge on any atom is 0.119 e. The molecule has 0 saturated heterocycles. The highest BCUT2D eigenvalue weighted by Crippen LogP contribution is 2.17. The van der Waals surface area contributed by atoms with Crippen molar-refractivity contribution in [2.75, 3.05) is 13.2 Å². The molecule has 0 amide bonds. The Morgan fingerprint density at radius 1 is 1.36 bits per heavy atom. The molecule has 1 aromatic carbocycles. The molecule has 0 spiro atoms. The predicted octanol–water partition coefficient (Wildman–Crippen LogP) is 1.47. The van der Waals surface area contributed by atoms with Gasteiger partial charge in [-0.3, -0.25) is 0 Å². The molecule has 0 heterocycles. The molecule has 0 unspecified atom stereocenters. The third kappa shape index (κ3) is 3.01. The molecule has 14 heavy (non-hydrogen) atoms. The molecule has 3 heteroatoms. The number of nitrogens with two attached hydrogens (primary N) is 1. The zero-order chi connectivity index (χ0) is 10.4. The van der Waals surface area contributed by atoms with E-state index in [2.05, 4.69) is 6.92 Å². The molecular formula is C11H17NO2. The Balaban J connectivity index is 2.59. The molecule has 78 valence electrons. The predicted molar refractivity (Wildman–Crippen MR) is 56.2 cm³/mol. The summed E-state index contributed by atoms with van der Waals surface area (Å²) < 4.78 is 5.23. The first kappa shape index (κ1) is 11.0. The van der Waals surface area contributed by atoms with E-state index in [9.17, 15) is 0 Å². The minimum Gasteiger partial charge on any atom is -0.491 e. The van der Waals surface area contributed by atoms with Crippen LogP contribution >= 0.6 is 0 Å². The number of benzene rings is 1. The monoisotopic (exact) mass is 195 g/mol. The van der Waals surface area contributed by atoms with Crippen LogP contribution in [0.15, 0.2) is 24.3 Å². The van der Waals surface area contributed by atoms with E-state index in [1.807, 2.05) is 24.3 Å². The van der Waals surface area contributed by atoms with Gasteiger partial charge in [-0.1, -0.05) is 19.1 Å². The Bertz CT molecular complexity index is 258. The van der Waals surface area contributed by atoms with E-state index in [-0.39, 0.29) is 12.6 Å². The number of hydrogen-bond acceptors (Lipinski definition) is 3. The van der Waals surface area contributed by atoms with E-state index in [4.69, 9.17) is 15.6 Å². The van der Waals surface area contributed by atoms with Gasteiger partial charge in [-0.25, -0.2) is 0 Å². The molecule has 1 atom stereocenters. The van der Waals surface area contributed by atoms with E-state index in [1.54, 1.807) is 0 Å². The van der Waals surface area contributed by atoms with Gasteiger partial charge in [-0.05, 0) is 24.1 Å². The standard InChI is InChI=1S/C11H17NO2/c1-2-11(12)9-3-5-10(6-4-9)14-8-7-13/h3-6,11,13H,2,7-8,12H2,1H3/t11-/m0/s1. The van der Waals surface area contributed by atoms with E-state index >= 15 is 0 Å². The summed E-state index contributed by atoms with van der Waals surface area (Å²) in [6, 6.07) is 7.77. The highest BCUT2D eigenvalue weighted by molar-refractivity contribution is 5.28. The van der Waals surface area contributed by atoms with Crippen LogP contribution in [0, 0.1) is 0 Å². The molecule has 1 aromatic rings. The molecule has 3 nitrogen and oxygen atoms in total. The molecule has 0 saturated carbocycles. The molecule has 0 radical (unpaired) electrons. The van der Waals surface area contributed by atoms with Crippen LogP contribution in [0.25, 0.3) is 0 Å². The summed E-state index contributed by atoms with van der Waals surface area (Å²) >= 11 is 0. The zero-order valence-corrected chi connectivity index (χ0v) is 8.44. The van der Waals surface area contributed by atoms with Crippen LogP contribution in [-0.4, -0.2) is 18.3 Å². The van der Waals surface area contributed by atoms with Gasteiger partial charge in [0.1, 0.15) is 12.4 Å². The molecule has 0 aromatic heterocycles. The Kier molecular flexibility index (Phi) is 4.43. The SMILES string of the molecule is CC[C@H](N)c1ccc(OCCO)cc1. The number of aliphatic hydroxyl groups is 1. The van der Waals surface area contributed by atoms with E-state index < -0.39 is 0 Å². The van der Waals surface area contributed by atoms with Gasteiger partial charge in [0.05, 0.1) is 6.61 Å². The van der Waals surface area contributed by atoms with Crippen molar-refractivity contribution in [1.29, 1.82) is 0 Å². The van der Waals surface area contributed by atoms with E-state index in [1.165, 1.54) is 0 Å². The van der Waals surface area contributed by atoms with Gasteiger partial charge in [0, 0.05) is 6.04 Å². The molecular weight excluding hydrogens is 178 g/mol. The third-order valence-electron chi connectivity index (χ3n) is 2.11. The fourth-order valence-electron chi connectivity index (χ4n) is 1.21. The van der Waals surface area contributed by atoms with Gasteiger partial charge < -0.3 is 15.6 Å². The highest BCUT2D eigenvalue weighted by Gasteiger charge is 2.02. The number of aliphatic hydroxyl groups excluding tert-OH is 1. The van der Waals surface area contributed by atoms with Crippen molar-refractivity contribution < 1.29 is 9.84 Å². The van der Waals surface area contributed by atoms with Gasteiger partial charge in [0.2, 0.25) is 0 Å². The van der Waals surface area contributed by atoms with Gasteiger partial charge >= 0.3 is 0 Å². The molecule has 1 rings (SSSR count). The summed E-state index contributed by atoms with van der Waals surface area (Å²) in [4.78, 5) is 0. The Hall–Kier alpha value is -1.06. The van der Waals surface area contributed by atoms with Crippen molar-refractivity contribution in [3.63, 3.8) is 0 Å². The molecule has 3 N–H and O–H groups in total. The van der Waals surface area contributed by atoms with E-state index in [0.29, 0.717) is 6.61 Å². The van der Waals surface area contributed by atoms with Gasteiger partial charge in [0.25, 0.3) is 0 Å². The smallest absolute Gasteiger partial charge is 0.119 e. The maximum absolute atomic E-state index is 8.56. The second kappa shape index (κ2) is 5.62. The third-order valence-corrected chi connectivity index (χ3v) is 2.11. The summed E-state index contributed by atoms with van der Waals surface area (Å²) in [7, 11) is 0. The first-order valence-electron chi connectivity index (χ1n) is 4.87. The van der Waals surface area contributed by atoms with Gasteiger partial charge in [-0.15, -0.1) is 0 Å². The van der Waals surface area contributed by atoms with Crippen molar-refractivity contribution >= 4 is 0 Å². The zero-order valence-electron chi connectivity index (χ0n) is 8.44. The Morgan fingerprint density at radius 3 is 2.50 bits per heavy atom. The van der Waals surface area contributed by atoms with Crippen LogP contribution in [0.3, 0.4) is 0 Å². The van der Waals surface area contributed by atoms with E-state index in [0.717, 1.165) is 17.7 Å². The van der Waals surface area contributed by atoms with Gasteiger partial charge in [-0.2, -0.15) is 0 Å². The lowest BCUT2D eigenvalue weighted by atomic mass is 10.1. The van der Waals surface area contributed by atoms with Crippen LogP contribution < -0.4 is 10.5 Å². The van der Waals surface area contributed by atoms with Crippen molar-refractivity contribution in [2.45, 2.75) is 19.4 Å².